The molecule has 0 radical (unpaired) electrons. The highest BCUT2D eigenvalue weighted by atomic mass is 15.5. The molecule has 1 aliphatic rings. The predicted molar refractivity (Wildman–Crippen MR) is 140 cm³/mol. The molecule has 3 aromatic heterocycles. The number of aromatic amines is 1. The van der Waals surface area contributed by atoms with E-state index in [1.165, 1.54) is 56.9 Å². The van der Waals surface area contributed by atoms with Gasteiger partial charge in [-0.3, -0.25) is 4.98 Å². The third-order valence-electron chi connectivity index (χ3n) is 7.32. The Labute approximate surface area is 213 Å². The van der Waals surface area contributed by atoms with E-state index < -0.39 is 0 Å². The molecule has 0 saturated heterocycles. The lowest BCUT2D eigenvalue weighted by Gasteiger charge is -2.20. The maximum atomic E-state index is 4.99. The van der Waals surface area contributed by atoms with Crippen molar-refractivity contribution in [2.75, 3.05) is 0 Å². The Morgan fingerprint density at radius 1 is 0.972 bits per heavy atom. The van der Waals surface area contributed by atoms with E-state index in [1.807, 2.05) is 12.3 Å². The summed E-state index contributed by atoms with van der Waals surface area (Å²) in [7, 11) is 0. The van der Waals surface area contributed by atoms with Crippen molar-refractivity contribution in [3.05, 3.63) is 59.9 Å². The average molecular weight is 485 g/mol. The summed E-state index contributed by atoms with van der Waals surface area (Å²) in [5, 5.41) is 19.3. The average Bonchev–Trinajstić information content (AvgIpc) is 3.59. The molecule has 1 aromatic carbocycles. The summed E-state index contributed by atoms with van der Waals surface area (Å²) < 4.78 is 2.14. The van der Waals surface area contributed by atoms with E-state index in [1.54, 1.807) is 6.20 Å². The summed E-state index contributed by atoms with van der Waals surface area (Å²) in [5.74, 6) is 3.63. The highest BCUT2D eigenvalue weighted by molar-refractivity contribution is 5.79. The maximum Gasteiger partial charge on any atom is 0.180 e. The Morgan fingerprint density at radius 3 is 2.61 bits per heavy atom. The minimum Gasteiger partial charge on any atom is -0.264 e. The molecule has 5 rings (SSSR count). The normalized spacial score (nSPS) is 14.4. The van der Waals surface area contributed by atoms with Crippen LogP contribution >= 0.6 is 0 Å². The van der Waals surface area contributed by atoms with Crippen LogP contribution in [0.2, 0.25) is 0 Å². The van der Waals surface area contributed by atoms with Gasteiger partial charge in [0.1, 0.15) is 5.82 Å². The quantitative estimate of drug-likeness (QED) is 0.270. The summed E-state index contributed by atoms with van der Waals surface area (Å²) in [6, 6.07) is 10.5. The van der Waals surface area contributed by atoms with Crippen molar-refractivity contribution in [1.29, 1.82) is 0 Å². The van der Waals surface area contributed by atoms with Crippen LogP contribution in [0.5, 0.6) is 0 Å². The first-order valence-corrected chi connectivity index (χ1v) is 13.5. The van der Waals surface area contributed by atoms with Gasteiger partial charge in [-0.2, -0.15) is 5.10 Å². The predicted octanol–water partition coefficient (Wildman–Crippen LogP) is 5.81. The molecule has 8 nitrogen and oxygen atoms in total. The number of nitrogens with one attached hydrogen (secondary N) is 1. The number of hydrogen-bond acceptors (Lipinski definition) is 6. The van der Waals surface area contributed by atoms with Crippen LogP contribution in [0.4, 0.5) is 0 Å². The molecule has 0 atom stereocenters. The van der Waals surface area contributed by atoms with Gasteiger partial charge in [0.25, 0.3) is 0 Å². The van der Waals surface area contributed by atoms with E-state index in [2.05, 4.69) is 61.5 Å². The molecule has 8 heteroatoms. The number of rotatable bonds is 11. The minimum atomic E-state index is 0.636. The first-order chi connectivity index (χ1) is 17.8. The van der Waals surface area contributed by atoms with Gasteiger partial charge in [-0.15, -0.1) is 5.10 Å². The van der Waals surface area contributed by atoms with Crippen LogP contribution in [0.3, 0.4) is 0 Å². The highest BCUT2D eigenvalue weighted by Gasteiger charge is 2.16. The third kappa shape index (κ3) is 6.04. The summed E-state index contributed by atoms with van der Waals surface area (Å²) >= 11 is 0. The highest BCUT2D eigenvalue weighted by Crippen LogP contribution is 2.29. The fourth-order valence-corrected chi connectivity index (χ4v) is 5.25. The van der Waals surface area contributed by atoms with Crippen LogP contribution in [0.15, 0.2) is 42.7 Å². The van der Waals surface area contributed by atoms with Crippen molar-refractivity contribution in [3.8, 4) is 22.5 Å². The van der Waals surface area contributed by atoms with Crippen LogP contribution in [0.1, 0.15) is 81.9 Å². The molecule has 0 spiro atoms. The van der Waals surface area contributed by atoms with Gasteiger partial charge in [0, 0.05) is 36.4 Å². The first kappa shape index (κ1) is 24.3. The van der Waals surface area contributed by atoms with Crippen molar-refractivity contribution in [1.82, 2.24) is 40.4 Å². The summed E-state index contributed by atoms with van der Waals surface area (Å²) in [5.41, 5.74) is 4.22. The number of tetrazole rings is 1. The molecule has 0 aliphatic heterocycles. The third-order valence-corrected chi connectivity index (χ3v) is 7.32. The molecule has 0 unspecified atom stereocenters. The number of hydrogen-bond donors (Lipinski definition) is 1. The molecule has 1 saturated carbocycles. The number of aromatic nitrogens is 8. The maximum absolute atomic E-state index is 4.99. The van der Waals surface area contributed by atoms with E-state index >= 15 is 0 Å². The summed E-state index contributed by atoms with van der Waals surface area (Å²) in [6.45, 7) is 2.98. The van der Waals surface area contributed by atoms with Crippen LogP contribution < -0.4 is 0 Å². The van der Waals surface area contributed by atoms with Crippen LogP contribution in [-0.4, -0.2) is 40.4 Å². The van der Waals surface area contributed by atoms with Crippen LogP contribution in [-0.2, 0) is 19.4 Å². The largest absolute Gasteiger partial charge is 0.264 e. The number of aryl methyl sites for hydroxylation is 2. The SMILES string of the molecule is CCCCCc1nc(CCC2CCCCC2)nn1Cc1ccc(-c2cnccc2-c2nnn[nH]2)cc1. The number of benzene rings is 1. The van der Waals surface area contributed by atoms with E-state index in [-0.39, 0.29) is 0 Å². The van der Waals surface area contributed by atoms with E-state index in [0.29, 0.717) is 5.82 Å². The second-order valence-corrected chi connectivity index (χ2v) is 9.97. The lowest BCUT2D eigenvalue weighted by molar-refractivity contribution is 0.337. The van der Waals surface area contributed by atoms with Gasteiger partial charge in [0.15, 0.2) is 11.6 Å². The van der Waals surface area contributed by atoms with Crippen molar-refractivity contribution >= 4 is 0 Å². The second-order valence-electron chi connectivity index (χ2n) is 9.97. The van der Waals surface area contributed by atoms with Gasteiger partial charge in [-0.25, -0.2) is 14.8 Å². The molecule has 36 heavy (non-hydrogen) atoms. The number of nitrogens with zero attached hydrogens (tertiary/aromatic N) is 7. The van der Waals surface area contributed by atoms with Crippen molar-refractivity contribution in [2.45, 2.75) is 84.1 Å². The number of H-pyrrole nitrogens is 1. The van der Waals surface area contributed by atoms with Crippen LogP contribution in [0.25, 0.3) is 22.5 Å². The molecule has 0 bridgehead atoms. The molecule has 3 heterocycles. The van der Waals surface area contributed by atoms with Crippen molar-refractivity contribution in [3.63, 3.8) is 0 Å². The Morgan fingerprint density at radius 2 is 1.83 bits per heavy atom. The van der Waals surface area contributed by atoms with Crippen molar-refractivity contribution < 1.29 is 0 Å². The molecular weight excluding hydrogens is 448 g/mol. The smallest absolute Gasteiger partial charge is 0.180 e. The second kappa shape index (κ2) is 12.0. The fraction of sp³-hybridized carbons (Fsp3) is 0.500. The topological polar surface area (TPSA) is 98.1 Å². The molecule has 1 N–H and O–H groups in total. The summed E-state index contributed by atoms with van der Waals surface area (Å²) in [4.78, 5) is 9.31. The number of unbranched alkanes of at least 4 members (excludes halogenated alkanes) is 2. The molecule has 1 aliphatic carbocycles. The molecule has 188 valence electrons. The summed E-state index contributed by atoms with van der Waals surface area (Å²) in [6.07, 6.45) is 17.4. The Hall–Kier alpha value is -3.42. The van der Waals surface area contributed by atoms with E-state index in [4.69, 9.17) is 10.1 Å². The fourth-order valence-electron chi connectivity index (χ4n) is 5.25. The first-order valence-electron chi connectivity index (χ1n) is 13.5. The minimum absolute atomic E-state index is 0.636. The van der Waals surface area contributed by atoms with Crippen LogP contribution in [0, 0.1) is 5.92 Å². The van der Waals surface area contributed by atoms with Gasteiger partial charge in [-0.05, 0) is 46.4 Å². The zero-order chi connectivity index (χ0) is 24.6. The molecule has 1 fully saturated rings. The molecular formula is C28H36N8. The van der Waals surface area contributed by atoms with E-state index in [0.717, 1.165) is 60.1 Å². The monoisotopic (exact) mass is 484 g/mol. The molecule has 4 aromatic rings. The van der Waals surface area contributed by atoms with Gasteiger partial charge < -0.3 is 0 Å². The Balaban J connectivity index is 1.31. The zero-order valence-electron chi connectivity index (χ0n) is 21.2. The van der Waals surface area contributed by atoms with Gasteiger partial charge in [-0.1, -0.05) is 76.1 Å². The number of pyridine rings is 1. The lowest BCUT2D eigenvalue weighted by atomic mass is 9.86. The standard InChI is InChI=1S/C28H36N8/c1-2-3-5-10-27-30-26(16-13-21-8-6-4-7-9-21)33-36(27)20-22-11-14-23(15-12-22)25-19-29-18-17-24(25)28-31-34-35-32-28/h11-12,14-15,17-19,21H,2-10,13,16,20H2,1H3,(H,31,32,34,35). The van der Waals surface area contributed by atoms with Gasteiger partial charge in [0.2, 0.25) is 0 Å². The van der Waals surface area contributed by atoms with E-state index in [9.17, 15) is 0 Å². The van der Waals surface area contributed by atoms with Crippen molar-refractivity contribution in [2.24, 2.45) is 5.92 Å². The lowest BCUT2D eigenvalue weighted by Crippen LogP contribution is -2.08. The Bertz CT molecular complexity index is 1210. The Kier molecular flexibility index (Phi) is 8.10. The van der Waals surface area contributed by atoms with Gasteiger partial charge >= 0.3 is 0 Å². The van der Waals surface area contributed by atoms with Gasteiger partial charge in [0.05, 0.1) is 6.54 Å². The zero-order valence-corrected chi connectivity index (χ0v) is 21.2. The molecule has 0 amide bonds.